The lowest BCUT2D eigenvalue weighted by molar-refractivity contribution is -0.168. The van der Waals surface area contributed by atoms with Gasteiger partial charge in [0.1, 0.15) is 0 Å². The fourth-order valence-electron chi connectivity index (χ4n) is 5.90. The van der Waals surface area contributed by atoms with Gasteiger partial charge in [0.15, 0.2) is 0 Å². The smallest absolute Gasteiger partial charge is 0.0653 e. The molecule has 22 heavy (non-hydrogen) atoms. The first-order valence-electron chi connectivity index (χ1n) is 9.12. The van der Waals surface area contributed by atoms with Gasteiger partial charge in [0.25, 0.3) is 0 Å². The van der Waals surface area contributed by atoms with Crippen molar-refractivity contribution in [2.24, 2.45) is 22.7 Å². The molecule has 0 aliphatic heterocycles. The highest BCUT2D eigenvalue weighted by molar-refractivity contribution is 5.09. The van der Waals surface area contributed by atoms with E-state index in [0.29, 0.717) is 11.3 Å². The molecule has 2 heteroatoms. The third kappa shape index (κ3) is 3.28. The molecule has 128 valence electrons. The molecule has 2 rings (SSSR count). The van der Waals surface area contributed by atoms with Crippen molar-refractivity contribution >= 4 is 0 Å². The Morgan fingerprint density at radius 3 is 2.45 bits per heavy atom. The molecular weight excluding hydrogens is 272 g/mol. The Labute approximate surface area is 137 Å². The van der Waals surface area contributed by atoms with E-state index in [1.54, 1.807) is 0 Å². The predicted octanol–water partition coefficient (Wildman–Crippen LogP) is 4.70. The van der Waals surface area contributed by atoms with Crippen molar-refractivity contribution in [3.8, 4) is 0 Å². The molecule has 2 nitrogen and oxygen atoms in total. The lowest BCUT2D eigenvalue weighted by atomic mass is 9.45. The monoisotopic (exact) mass is 308 g/mol. The average Bonchev–Trinajstić information content (AvgIpc) is 2.36. The Morgan fingerprint density at radius 1 is 1.14 bits per heavy atom. The zero-order chi connectivity index (χ0) is 16.6. The minimum absolute atomic E-state index is 0.125. The van der Waals surface area contributed by atoms with Gasteiger partial charge in [-0.2, -0.15) is 0 Å². The van der Waals surface area contributed by atoms with E-state index in [-0.39, 0.29) is 12.0 Å². The molecule has 2 N–H and O–H groups in total. The van der Waals surface area contributed by atoms with Crippen LogP contribution in [0.1, 0.15) is 79.6 Å². The molecule has 0 radical (unpaired) electrons. The summed E-state index contributed by atoms with van der Waals surface area (Å²) in [7, 11) is 0. The molecule has 0 amide bonds. The maximum atomic E-state index is 11.1. The molecule has 0 aromatic heterocycles. The lowest BCUT2D eigenvalue weighted by Crippen LogP contribution is -2.57. The van der Waals surface area contributed by atoms with Crippen LogP contribution in [0.2, 0.25) is 0 Å². The summed E-state index contributed by atoms with van der Waals surface area (Å²) in [5.74, 6) is 1.08. The molecule has 1 unspecified atom stereocenters. The van der Waals surface area contributed by atoms with Crippen LogP contribution in [-0.2, 0) is 0 Å². The van der Waals surface area contributed by atoms with Gasteiger partial charge < -0.3 is 10.2 Å². The molecule has 2 saturated carbocycles. The topological polar surface area (TPSA) is 40.5 Å². The fraction of sp³-hybridized carbons (Fsp3) is 0.900. The Kier molecular flexibility index (Phi) is 5.14. The van der Waals surface area contributed by atoms with Crippen LogP contribution in [0.5, 0.6) is 0 Å². The summed E-state index contributed by atoms with van der Waals surface area (Å²) in [6, 6.07) is 0. The molecule has 4 atom stereocenters. The summed E-state index contributed by atoms with van der Waals surface area (Å²) in [5.41, 5.74) is 1.36. The van der Waals surface area contributed by atoms with Crippen molar-refractivity contribution in [2.45, 2.75) is 85.2 Å². The van der Waals surface area contributed by atoms with E-state index in [1.165, 1.54) is 31.3 Å². The molecule has 0 aromatic carbocycles. The molecule has 2 aliphatic carbocycles. The molecule has 0 spiro atoms. The van der Waals surface area contributed by atoms with Crippen molar-refractivity contribution in [3.05, 3.63) is 11.6 Å². The highest BCUT2D eigenvalue weighted by atomic mass is 16.3. The van der Waals surface area contributed by atoms with Gasteiger partial charge in [0, 0.05) is 0 Å². The number of aliphatic hydroxyl groups excluding tert-OH is 1. The number of fused-ring (bicyclic) bond motifs is 1. The molecule has 0 bridgehead atoms. The van der Waals surface area contributed by atoms with Crippen molar-refractivity contribution in [2.75, 3.05) is 6.61 Å². The molecule has 2 fully saturated rings. The second-order valence-corrected chi connectivity index (χ2v) is 9.12. The summed E-state index contributed by atoms with van der Waals surface area (Å²) in [5, 5.41) is 20.1. The van der Waals surface area contributed by atoms with Crippen molar-refractivity contribution in [1.82, 2.24) is 0 Å². The van der Waals surface area contributed by atoms with Crippen molar-refractivity contribution in [1.29, 1.82) is 0 Å². The van der Waals surface area contributed by atoms with Gasteiger partial charge >= 0.3 is 0 Å². The molecule has 0 aromatic rings. The standard InChI is InChI=1S/C20H36O2/c1-15(10-14-21)7-8-17-19(4)12-6-11-18(2,3)16(19)9-13-20(17,5)22/h10,16-17,21-22H,6-9,11-14H2,1-5H3/t16?,17-,19-,20-/m0/s1. The molecule has 0 saturated heterocycles. The minimum atomic E-state index is -0.543. The van der Waals surface area contributed by atoms with Gasteiger partial charge in [-0.3, -0.25) is 0 Å². The maximum absolute atomic E-state index is 11.1. The number of hydrogen-bond acceptors (Lipinski definition) is 2. The Balaban J connectivity index is 2.24. The first-order chi connectivity index (χ1) is 10.1. The van der Waals surface area contributed by atoms with Gasteiger partial charge in [0.2, 0.25) is 0 Å². The van der Waals surface area contributed by atoms with Gasteiger partial charge in [-0.15, -0.1) is 0 Å². The zero-order valence-corrected chi connectivity index (χ0v) is 15.3. The summed E-state index contributed by atoms with van der Waals surface area (Å²) in [6.45, 7) is 11.6. The van der Waals surface area contributed by atoms with E-state index >= 15 is 0 Å². The van der Waals surface area contributed by atoms with E-state index in [2.05, 4.69) is 34.6 Å². The third-order valence-corrected chi connectivity index (χ3v) is 7.03. The SMILES string of the molecule is CC(=CCO)CC[C@@H]1[C@@](C)(O)CCC2C(C)(C)CCC[C@@]21C. The van der Waals surface area contributed by atoms with Gasteiger partial charge in [-0.1, -0.05) is 38.8 Å². The van der Waals surface area contributed by atoms with Gasteiger partial charge in [-0.05, 0) is 75.0 Å². The highest BCUT2D eigenvalue weighted by Gasteiger charge is 2.57. The van der Waals surface area contributed by atoms with Crippen molar-refractivity contribution < 1.29 is 10.2 Å². The molecule has 0 heterocycles. The van der Waals surface area contributed by atoms with Crippen LogP contribution >= 0.6 is 0 Å². The number of allylic oxidation sites excluding steroid dienone is 1. The van der Waals surface area contributed by atoms with Crippen molar-refractivity contribution in [3.63, 3.8) is 0 Å². The fourth-order valence-corrected chi connectivity index (χ4v) is 5.90. The summed E-state index contributed by atoms with van der Waals surface area (Å²) in [6.07, 6.45) is 9.90. The van der Waals surface area contributed by atoms with Crippen LogP contribution in [-0.4, -0.2) is 22.4 Å². The van der Waals surface area contributed by atoms with Crippen LogP contribution < -0.4 is 0 Å². The van der Waals surface area contributed by atoms with E-state index in [0.717, 1.165) is 25.2 Å². The summed E-state index contributed by atoms with van der Waals surface area (Å²) < 4.78 is 0. The second-order valence-electron chi connectivity index (χ2n) is 9.12. The Hall–Kier alpha value is -0.340. The first kappa shape index (κ1) is 18.0. The Morgan fingerprint density at radius 2 is 1.82 bits per heavy atom. The van der Waals surface area contributed by atoms with E-state index in [4.69, 9.17) is 5.11 Å². The molecule has 2 aliphatic rings. The summed E-state index contributed by atoms with van der Waals surface area (Å²) in [4.78, 5) is 0. The average molecular weight is 309 g/mol. The summed E-state index contributed by atoms with van der Waals surface area (Å²) >= 11 is 0. The van der Waals surface area contributed by atoms with Crippen LogP contribution in [0.4, 0.5) is 0 Å². The number of aliphatic hydroxyl groups is 2. The largest absolute Gasteiger partial charge is 0.392 e. The number of hydrogen-bond donors (Lipinski definition) is 2. The van der Waals surface area contributed by atoms with E-state index in [1.807, 2.05) is 6.08 Å². The zero-order valence-electron chi connectivity index (χ0n) is 15.3. The van der Waals surface area contributed by atoms with Gasteiger partial charge in [0.05, 0.1) is 12.2 Å². The third-order valence-electron chi connectivity index (χ3n) is 7.03. The predicted molar refractivity (Wildman–Crippen MR) is 92.7 cm³/mol. The highest BCUT2D eigenvalue weighted by Crippen LogP contribution is 2.62. The normalized spacial score (nSPS) is 42.0. The van der Waals surface area contributed by atoms with Gasteiger partial charge in [-0.25, -0.2) is 0 Å². The van der Waals surface area contributed by atoms with Crippen LogP contribution in [0, 0.1) is 22.7 Å². The minimum Gasteiger partial charge on any atom is -0.392 e. The first-order valence-corrected chi connectivity index (χ1v) is 9.12. The van der Waals surface area contributed by atoms with Crippen LogP contribution in [0.15, 0.2) is 11.6 Å². The van der Waals surface area contributed by atoms with E-state index < -0.39 is 5.60 Å². The quantitative estimate of drug-likeness (QED) is 0.739. The molecular formula is C20H36O2. The number of rotatable bonds is 4. The second kappa shape index (κ2) is 6.28. The van der Waals surface area contributed by atoms with E-state index in [9.17, 15) is 5.11 Å². The maximum Gasteiger partial charge on any atom is 0.0653 e. The van der Waals surface area contributed by atoms with Crippen LogP contribution in [0.25, 0.3) is 0 Å². The van der Waals surface area contributed by atoms with Crippen LogP contribution in [0.3, 0.4) is 0 Å². The Bertz CT molecular complexity index is 421. The lowest BCUT2D eigenvalue weighted by Gasteiger charge is -2.61.